The molecule has 3 aromatic heterocycles. The second kappa shape index (κ2) is 9.27. The van der Waals surface area contributed by atoms with Crippen LogP contribution in [0.25, 0.3) is 16.6 Å². The Hall–Kier alpha value is -4.78. The van der Waals surface area contributed by atoms with Crippen LogP contribution >= 0.6 is 0 Å². The minimum absolute atomic E-state index is 0.0241. The molecule has 0 unspecified atom stereocenters. The number of sulfonamides is 1. The molecule has 3 heterocycles. The lowest BCUT2D eigenvalue weighted by molar-refractivity contribution is 0.103. The Morgan fingerprint density at radius 3 is 2.58 bits per heavy atom. The predicted molar refractivity (Wildman–Crippen MR) is 137 cm³/mol. The second-order valence-corrected chi connectivity index (χ2v) is 10.3. The average molecular weight is 539 g/mol. The van der Waals surface area contributed by atoms with Crippen LogP contribution in [0.2, 0.25) is 0 Å². The molecule has 2 aromatic carbocycles. The lowest BCUT2D eigenvalue weighted by atomic mass is 10.1. The van der Waals surface area contributed by atoms with E-state index in [9.17, 15) is 22.0 Å². The number of halogens is 2. The Balaban J connectivity index is 1.43. The zero-order chi connectivity index (χ0) is 27.2. The van der Waals surface area contributed by atoms with Gasteiger partial charge in [0.25, 0.3) is 0 Å². The number of ketones is 1. The summed E-state index contributed by atoms with van der Waals surface area (Å²) in [6, 6.07) is 11.3. The van der Waals surface area contributed by atoms with E-state index >= 15 is 0 Å². The number of benzene rings is 2. The van der Waals surface area contributed by atoms with E-state index < -0.39 is 27.4 Å². The second-order valence-electron chi connectivity index (χ2n) is 8.50. The molecule has 5 aromatic rings. The van der Waals surface area contributed by atoms with Gasteiger partial charge >= 0.3 is 0 Å². The topological polar surface area (TPSA) is 145 Å². The van der Waals surface area contributed by atoms with Crippen molar-refractivity contribution >= 4 is 38.2 Å². The Kier molecular flexibility index (Phi) is 6.07. The maximum atomic E-state index is 14.3. The van der Waals surface area contributed by atoms with Crippen molar-refractivity contribution in [2.45, 2.75) is 6.92 Å². The molecule has 0 amide bonds. The quantitative estimate of drug-likeness (QED) is 0.262. The van der Waals surface area contributed by atoms with E-state index in [2.05, 4.69) is 19.8 Å². The van der Waals surface area contributed by atoms with Crippen molar-refractivity contribution in [1.82, 2.24) is 19.7 Å². The standard InChI is InChI=1S/C25H20F2N6O4S/c1-13-7-23(37-22-6-4-3-5-16(22)26)29-12-21(13)33-25(28)15(11-30-33)24(34)20-9-14-8-19(32-38(2,35)36)17(27)10-18(14)31-20/h3-12,31-32H,28H2,1-2H3. The Morgan fingerprint density at radius 2 is 1.87 bits per heavy atom. The van der Waals surface area contributed by atoms with Gasteiger partial charge < -0.3 is 15.5 Å². The van der Waals surface area contributed by atoms with Gasteiger partial charge in [0.1, 0.15) is 11.6 Å². The number of hydrogen-bond acceptors (Lipinski definition) is 7. The number of para-hydroxylation sites is 1. The number of fused-ring (bicyclic) bond motifs is 1. The third kappa shape index (κ3) is 4.78. The van der Waals surface area contributed by atoms with Gasteiger partial charge in [-0.1, -0.05) is 12.1 Å². The average Bonchev–Trinajstić information content (AvgIpc) is 3.43. The van der Waals surface area contributed by atoms with Crippen LogP contribution < -0.4 is 15.2 Å². The molecule has 4 N–H and O–H groups in total. The first-order chi connectivity index (χ1) is 18.0. The number of H-pyrrole nitrogens is 1. The smallest absolute Gasteiger partial charge is 0.229 e. The normalized spacial score (nSPS) is 11.6. The summed E-state index contributed by atoms with van der Waals surface area (Å²) in [6.45, 7) is 1.75. The van der Waals surface area contributed by atoms with Crippen molar-refractivity contribution in [3.63, 3.8) is 0 Å². The SMILES string of the molecule is Cc1cc(Oc2ccccc2F)ncc1-n1ncc(C(=O)c2cc3cc(NS(C)(=O)=O)c(F)cc3[nH]2)c1N. The highest BCUT2D eigenvalue weighted by atomic mass is 32.2. The number of ether oxygens (including phenoxy) is 1. The number of carbonyl (C=O) groups excluding carboxylic acids is 1. The zero-order valence-corrected chi connectivity index (χ0v) is 20.8. The van der Waals surface area contributed by atoms with Crippen molar-refractivity contribution < 1.29 is 26.7 Å². The summed E-state index contributed by atoms with van der Waals surface area (Å²) in [5.74, 6) is -1.62. The van der Waals surface area contributed by atoms with Crippen LogP contribution in [0.3, 0.4) is 0 Å². The molecule has 10 nitrogen and oxygen atoms in total. The van der Waals surface area contributed by atoms with Gasteiger partial charge in [0.15, 0.2) is 11.6 Å². The molecule has 0 aliphatic heterocycles. The first-order valence-electron chi connectivity index (χ1n) is 11.1. The molecule has 13 heteroatoms. The number of nitrogens with two attached hydrogens (primary N) is 1. The van der Waals surface area contributed by atoms with E-state index in [-0.39, 0.29) is 34.4 Å². The van der Waals surface area contributed by atoms with Crippen molar-refractivity contribution in [3.05, 3.63) is 89.4 Å². The van der Waals surface area contributed by atoms with E-state index in [0.29, 0.717) is 22.2 Å². The largest absolute Gasteiger partial charge is 0.436 e. The van der Waals surface area contributed by atoms with Gasteiger partial charge in [-0.25, -0.2) is 26.9 Å². The number of aromatic amines is 1. The van der Waals surface area contributed by atoms with Gasteiger partial charge in [0, 0.05) is 23.0 Å². The lowest BCUT2D eigenvalue weighted by Crippen LogP contribution is -2.10. The van der Waals surface area contributed by atoms with Crippen molar-refractivity contribution in [1.29, 1.82) is 0 Å². The first-order valence-corrected chi connectivity index (χ1v) is 13.0. The number of hydrogen-bond donors (Lipinski definition) is 3. The summed E-state index contributed by atoms with van der Waals surface area (Å²) < 4.78 is 60.2. The molecular weight excluding hydrogens is 518 g/mol. The highest BCUT2D eigenvalue weighted by Crippen LogP contribution is 2.29. The maximum absolute atomic E-state index is 14.3. The van der Waals surface area contributed by atoms with E-state index in [0.717, 1.165) is 12.3 Å². The van der Waals surface area contributed by atoms with Crippen LogP contribution in [0.15, 0.2) is 60.9 Å². The van der Waals surface area contributed by atoms with Crippen LogP contribution in [-0.4, -0.2) is 40.2 Å². The minimum Gasteiger partial charge on any atom is -0.436 e. The number of aromatic nitrogens is 4. The number of nitrogen functional groups attached to an aromatic ring is 1. The molecular formula is C25H20F2N6O4S. The predicted octanol–water partition coefficient (Wildman–Crippen LogP) is 4.31. The van der Waals surface area contributed by atoms with Crippen molar-refractivity contribution in [2.24, 2.45) is 0 Å². The molecule has 0 aliphatic carbocycles. The number of nitrogens with zero attached hydrogens (tertiary/aromatic N) is 3. The minimum atomic E-state index is -3.70. The van der Waals surface area contributed by atoms with Crippen molar-refractivity contribution in [2.75, 3.05) is 16.7 Å². The monoisotopic (exact) mass is 538 g/mol. The number of pyridine rings is 1. The van der Waals surface area contributed by atoms with Gasteiger partial charge in [0.05, 0.1) is 41.3 Å². The van der Waals surface area contributed by atoms with E-state index in [1.54, 1.807) is 25.1 Å². The van der Waals surface area contributed by atoms with Gasteiger partial charge in [-0.15, -0.1) is 0 Å². The van der Waals surface area contributed by atoms with Gasteiger partial charge in [-0.3, -0.25) is 9.52 Å². The van der Waals surface area contributed by atoms with E-state index in [1.807, 2.05) is 0 Å². The first kappa shape index (κ1) is 24.9. The highest BCUT2D eigenvalue weighted by Gasteiger charge is 2.21. The summed E-state index contributed by atoms with van der Waals surface area (Å²) in [6.07, 6.45) is 3.64. The van der Waals surface area contributed by atoms with Crippen LogP contribution in [-0.2, 0) is 10.0 Å². The van der Waals surface area contributed by atoms with Gasteiger partial charge in [-0.05, 0) is 36.8 Å². The molecule has 0 bridgehead atoms. The van der Waals surface area contributed by atoms with Crippen LogP contribution in [0.1, 0.15) is 21.6 Å². The zero-order valence-electron chi connectivity index (χ0n) is 20.0. The number of aryl methyl sites for hydroxylation is 1. The third-order valence-corrected chi connectivity index (χ3v) is 6.23. The summed E-state index contributed by atoms with van der Waals surface area (Å²) >= 11 is 0. The fourth-order valence-electron chi connectivity index (χ4n) is 3.87. The highest BCUT2D eigenvalue weighted by molar-refractivity contribution is 7.92. The van der Waals surface area contributed by atoms with Crippen LogP contribution in [0.4, 0.5) is 20.3 Å². The number of rotatable bonds is 7. The Morgan fingerprint density at radius 1 is 1.11 bits per heavy atom. The number of nitrogens with one attached hydrogen (secondary N) is 2. The van der Waals surface area contributed by atoms with Gasteiger partial charge in [0.2, 0.25) is 21.7 Å². The molecule has 0 saturated carbocycles. The fourth-order valence-corrected chi connectivity index (χ4v) is 4.42. The molecule has 38 heavy (non-hydrogen) atoms. The molecule has 5 rings (SSSR count). The van der Waals surface area contributed by atoms with E-state index in [4.69, 9.17) is 10.5 Å². The molecule has 0 radical (unpaired) electrons. The maximum Gasteiger partial charge on any atom is 0.229 e. The van der Waals surface area contributed by atoms with Gasteiger partial charge in [-0.2, -0.15) is 5.10 Å². The Bertz CT molecular complexity index is 1830. The van der Waals surface area contributed by atoms with Crippen molar-refractivity contribution in [3.8, 4) is 17.3 Å². The molecule has 0 spiro atoms. The molecule has 0 aliphatic rings. The third-order valence-electron chi connectivity index (χ3n) is 5.64. The number of anilines is 2. The Labute approximate surface area is 215 Å². The lowest BCUT2D eigenvalue weighted by Gasteiger charge is -2.11. The van der Waals surface area contributed by atoms with Crippen LogP contribution in [0, 0.1) is 18.6 Å². The molecule has 0 fully saturated rings. The summed E-state index contributed by atoms with van der Waals surface area (Å²) in [5, 5.41) is 4.64. The summed E-state index contributed by atoms with van der Waals surface area (Å²) in [5.41, 5.74) is 7.61. The fraction of sp³-hybridized carbons (Fsp3) is 0.0800. The van der Waals surface area contributed by atoms with Crippen LogP contribution in [0.5, 0.6) is 11.6 Å². The molecule has 0 saturated heterocycles. The summed E-state index contributed by atoms with van der Waals surface area (Å²) in [7, 11) is -3.70. The number of carbonyl (C=O) groups is 1. The van der Waals surface area contributed by atoms with E-state index in [1.165, 1.54) is 41.3 Å². The summed E-state index contributed by atoms with van der Waals surface area (Å²) in [4.78, 5) is 20.2. The molecule has 0 atom stereocenters. The molecule has 194 valence electrons.